The highest BCUT2D eigenvalue weighted by atomic mass is 16.2. The molecule has 2 amide bonds. The number of anilines is 1. The second-order valence-electron chi connectivity index (χ2n) is 7.33. The topological polar surface area (TPSA) is 72.2 Å². The van der Waals surface area contributed by atoms with Crippen molar-refractivity contribution < 1.29 is 9.59 Å². The highest BCUT2D eigenvalue weighted by Gasteiger charge is 2.24. The third-order valence-electron chi connectivity index (χ3n) is 5.35. The fourth-order valence-electron chi connectivity index (χ4n) is 3.74. The number of hydrogen-bond donors (Lipinski definition) is 1. The Kier molecular flexibility index (Phi) is 5.74. The molecule has 1 aliphatic heterocycles. The third kappa shape index (κ3) is 4.74. The third-order valence-corrected chi connectivity index (χ3v) is 5.35. The van der Waals surface area contributed by atoms with E-state index in [1.165, 1.54) is 0 Å². The number of rotatable bonds is 6. The van der Waals surface area contributed by atoms with Crippen LogP contribution in [0, 0.1) is 0 Å². The van der Waals surface area contributed by atoms with Crippen molar-refractivity contribution in [3.8, 4) is 0 Å². The first kappa shape index (κ1) is 19.0. The molecule has 3 heterocycles. The fourth-order valence-corrected chi connectivity index (χ4v) is 3.74. The molecule has 7 heteroatoms. The molecule has 1 fully saturated rings. The number of amides is 2. The van der Waals surface area contributed by atoms with Gasteiger partial charge in [0.15, 0.2) is 0 Å². The van der Waals surface area contributed by atoms with E-state index in [0.717, 1.165) is 25.9 Å². The number of carbonyl (C=O) groups is 2. The first-order valence-electron chi connectivity index (χ1n) is 9.96. The fraction of sp³-hybridized carbons (Fsp3) is 0.318. The minimum atomic E-state index is -0.0872. The van der Waals surface area contributed by atoms with Gasteiger partial charge in [-0.25, -0.2) is 4.98 Å². The number of likely N-dealkylation sites (tertiary alicyclic amines) is 1. The van der Waals surface area contributed by atoms with Crippen LogP contribution >= 0.6 is 0 Å². The van der Waals surface area contributed by atoms with E-state index in [2.05, 4.69) is 27.3 Å². The normalized spacial score (nSPS) is 14.7. The number of carbonyl (C=O) groups excluding carboxylic acids is 2. The molecule has 4 rings (SSSR count). The Bertz CT molecular complexity index is 942. The number of imidazole rings is 1. The number of aromatic nitrogens is 3. The number of nitrogens with zero attached hydrogens (tertiary/aromatic N) is 4. The zero-order valence-electron chi connectivity index (χ0n) is 16.3. The van der Waals surface area contributed by atoms with Crippen molar-refractivity contribution in [3.63, 3.8) is 0 Å². The molecule has 29 heavy (non-hydrogen) atoms. The second-order valence-corrected chi connectivity index (χ2v) is 7.33. The van der Waals surface area contributed by atoms with Crippen LogP contribution in [0.1, 0.15) is 35.7 Å². The molecule has 1 N–H and O–H groups in total. The zero-order valence-corrected chi connectivity index (χ0v) is 16.3. The predicted octanol–water partition coefficient (Wildman–Crippen LogP) is 3.19. The second kappa shape index (κ2) is 8.77. The minimum Gasteiger partial charge on any atom is -0.351 e. The van der Waals surface area contributed by atoms with Crippen molar-refractivity contribution in [2.24, 2.45) is 0 Å². The van der Waals surface area contributed by atoms with Gasteiger partial charge in [-0.1, -0.05) is 6.07 Å². The Morgan fingerprint density at radius 3 is 2.59 bits per heavy atom. The average molecular weight is 391 g/mol. The number of hydrogen-bond acceptors (Lipinski definition) is 3. The first-order valence-corrected chi connectivity index (χ1v) is 9.96. The smallest absolute Gasteiger partial charge is 0.253 e. The maximum atomic E-state index is 12.9. The molecule has 0 atom stereocenters. The molecule has 0 unspecified atom stereocenters. The molecule has 1 aliphatic rings. The molecular formula is C22H25N5O2. The van der Waals surface area contributed by atoms with Gasteiger partial charge in [0.2, 0.25) is 5.91 Å². The van der Waals surface area contributed by atoms with Crippen LogP contribution in [0.15, 0.2) is 67.5 Å². The van der Waals surface area contributed by atoms with E-state index in [1.807, 2.05) is 46.0 Å². The zero-order chi connectivity index (χ0) is 20.1. The van der Waals surface area contributed by atoms with Crippen LogP contribution in [-0.2, 0) is 11.3 Å². The van der Waals surface area contributed by atoms with Gasteiger partial charge in [-0.3, -0.25) is 9.59 Å². The maximum Gasteiger partial charge on any atom is 0.253 e. The number of aryl methyl sites for hydroxylation is 1. The van der Waals surface area contributed by atoms with E-state index in [9.17, 15) is 9.59 Å². The number of benzene rings is 1. The molecule has 0 saturated carbocycles. The monoisotopic (exact) mass is 391 g/mol. The highest BCUT2D eigenvalue weighted by molar-refractivity contribution is 5.97. The quantitative estimate of drug-likeness (QED) is 0.701. The summed E-state index contributed by atoms with van der Waals surface area (Å²) in [5.41, 5.74) is 1.26. The van der Waals surface area contributed by atoms with E-state index >= 15 is 0 Å². The molecule has 1 saturated heterocycles. The summed E-state index contributed by atoms with van der Waals surface area (Å²) in [6, 6.07) is 11.7. The first-order chi connectivity index (χ1) is 14.2. The molecule has 0 spiro atoms. The van der Waals surface area contributed by atoms with Crippen molar-refractivity contribution >= 4 is 17.5 Å². The Hall–Kier alpha value is -3.35. The lowest BCUT2D eigenvalue weighted by Gasteiger charge is -2.33. The van der Waals surface area contributed by atoms with Crippen molar-refractivity contribution in [2.45, 2.75) is 31.8 Å². The maximum absolute atomic E-state index is 12.9. The molecular weight excluding hydrogens is 366 g/mol. The number of piperidine rings is 1. The molecule has 2 aromatic heterocycles. The molecule has 3 aromatic rings. The molecule has 0 aliphatic carbocycles. The molecule has 1 aromatic carbocycles. The molecule has 7 nitrogen and oxygen atoms in total. The van der Waals surface area contributed by atoms with Crippen molar-refractivity contribution in [2.75, 3.05) is 18.4 Å². The summed E-state index contributed by atoms with van der Waals surface area (Å²) < 4.78 is 4.08. The SMILES string of the molecule is O=C(CCn1ccnc1)Nc1cccc(C(=O)N2CCC(n3cccc3)CC2)c1. The van der Waals surface area contributed by atoms with E-state index < -0.39 is 0 Å². The van der Waals surface area contributed by atoms with Crippen LogP contribution in [0.25, 0.3) is 0 Å². The van der Waals surface area contributed by atoms with Gasteiger partial charge in [-0.05, 0) is 43.2 Å². The summed E-state index contributed by atoms with van der Waals surface area (Å²) in [7, 11) is 0. The lowest BCUT2D eigenvalue weighted by molar-refractivity contribution is -0.116. The van der Waals surface area contributed by atoms with Crippen LogP contribution in [0.5, 0.6) is 0 Å². The van der Waals surface area contributed by atoms with Crippen molar-refractivity contribution in [1.29, 1.82) is 0 Å². The van der Waals surface area contributed by atoms with E-state index in [1.54, 1.807) is 18.6 Å². The minimum absolute atomic E-state index is 0.0190. The van der Waals surface area contributed by atoms with E-state index in [4.69, 9.17) is 0 Å². The Labute approximate surface area is 170 Å². The standard InChI is InChI=1S/C22H25N5O2/c28-21(8-12-25-15-9-23-17-25)24-19-5-3-4-18(16-19)22(29)27-13-6-20(7-14-27)26-10-1-2-11-26/h1-5,9-11,15-17,20H,6-8,12-14H2,(H,24,28). The molecule has 0 bridgehead atoms. The summed E-state index contributed by atoms with van der Waals surface area (Å²) >= 11 is 0. The van der Waals surface area contributed by atoms with Crippen LogP contribution in [0.4, 0.5) is 5.69 Å². The van der Waals surface area contributed by atoms with Gasteiger partial charge < -0.3 is 19.4 Å². The van der Waals surface area contributed by atoms with Crippen LogP contribution in [0.3, 0.4) is 0 Å². The van der Waals surface area contributed by atoms with Gasteiger partial charge in [-0.2, -0.15) is 0 Å². The predicted molar refractivity (Wildman–Crippen MR) is 111 cm³/mol. The number of nitrogens with one attached hydrogen (secondary N) is 1. The summed E-state index contributed by atoms with van der Waals surface area (Å²) in [6.45, 7) is 2.05. The Morgan fingerprint density at radius 1 is 1.07 bits per heavy atom. The summed E-state index contributed by atoms with van der Waals surface area (Å²) in [5, 5.41) is 2.88. The molecule has 150 valence electrons. The lowest BCUT2D eigenvalue weighted by Crippen LogP contribution is -2.38. The van der Waals surface area contributed by atoms with E-state index in [-0.39, 0.29) is 11.8 Å². The Morgan fingerprint density at radius 2 is 1.86 bits per heavy atom. The highest BCUT2D eigenvalue weighted by Crippen LogP contribution is 2.24. The van der Waals surface area contributed by atoms with Crippen molar-refractivity contribution in [1.82, 2.24) is 19.0 Å². The lowest BCUT2D eigenvalue weighted by atomic mass is 10.0. The van der Waals surface area contributed by atoms with Gasteiger partial charge in [0.25, 0.3) is 5.91 Å². The van der Waals surface area contributed by atoms with Crippen molar-refractivity contribution in [3.05, 3.63) is 73.1 Å². The van der Waals surface area contributed by atoms with E-state index in [0.29, 0.717) is 30.3 Å². The summed E-state index contributed by atoms with van der Waals surface area (Å²) in [6.07, 6.45) is 11.6. The van der Waals surface area contributed by atoms with Gasteiger partial charge in [0.05, 0.1) is 6.33 Å². The summed E-state index contributed by atoms with van der Waals surface area (Å²) in [4.78, 5) is 31.0. The van der Waals surface area contributed by atoms with Crippen LogP contribution < -0.4 is 5.32 Å². The Balaban J connectivity index is 1.32. The van der Waals surface area contributed by atoms with Gasteiger partial charge >= 0.3 is 0 Å². The largest absolute Gasteiger partial charge is 0.351 e. The van der Waals surface area contributed by atoms with Gasteiger partial charge in [0.1, 0.15) is 0 Å². The van der Waals surface area contributed by atoms with Crippen LogP contribution in [0.2, 0.25) is 0 Å². The summed E-state index contributed by atoms with van der Waals surface area (Å²) in [5.74, 6) is -0.0682. The van der Waals surface area contributed by atoms with Gasteiger partial charge in [-0.15, -0.1) is 0 Å². The average Bonchev–Trinajstić information content (AvgIpc) is 3.46. The molecule has 0 radical (unpaired) electrons. The van der Waals surface area contributed by atoms with Crippen LogP contribution in [-0.4, -0.2) is 43.9 Å². The van der Waals surface area contributed by atoms with Gasteiger partial charge in [0, 0.05) is 68.1 Å².